The third-order valence-corrected chi connectivity index (χ3v) is 4.11. The van der Waals surface area contributed by atoms with Crippen molar-refractivity contribution in [2.24, 2.45) is 11.7 Å². The van der Waals surface area contributed by atoms with Crippen molar-refractivity contribution in [1.29, 1.82) is 0 Å². The molecule has 3 rings (SSSR count). The van der Waals surface area contributed by atoms with Crippen molar-refractivity contribution in [2.45, 2.75) is 25.9 Å². The molecule has 2 aromatic rings. The molecule has 0 aliphatic carbocycles. The smallest absolute Gasteiger partial charge is 0.0702 e. The van der Waals surface area contributed by atoms with Crippen LogP contribution in [0.4, 0.5) is 0 Å². The molecule has 2 unspecified atom stereocenters. The summed E-state index contributed by atoms with van der Waals surface area (Å²) in [7, 11) is 0. The van der Waals surface area contributed by atoms with E-state index in [1.165, 1.54) is 17.4 Å². The number of hydrogen-bond acceptors (Lipinski definition) is 3. The van der Waals surface area contributed by atoms with Crippen LogP contribution in [0.5, 0.6) is 0 Å². The molecule has 0 amide bonds. The summed E-state index contributed by atoms with van der Waals surface area (Å²) in [6.07, 6.45) is 3.22. The Morgan fingerprint density at radius 3 is 2.95 bits per heavy atom. The summed E-state index contributed by atoms with van der Waals surface area (Å²) in [4.78, 5) is 7.01. The molecule has 0 radical (unpaired) electrons. The quantitative estimate of drug-likeness (QED) is 0.945. The van der Waals surface area contributed by atoms with E-state index in [1.54, 1.807) is 0 Å². The second-order valence-corrected chi connectivity index (χ2v) is 5.68. The number of likely N-dealkylation sites (tertiary alicyclic amines) is 1. The molecule has 1 aliphatic heterocycles. The van der Waals surface area contributed by atoms with Gasteiger partial charge in [0.05, 0.1) is 5.52 Å². The van der Waals surface area contributed by atoms with Crippen LogP contribution in [0.25, 0.3) is 10.9 Å². The second-order valence-electron chi connectivity index (χ2n) is 5.68. The van der Waals surface area contributed by atoms with Crippen LogP contribution in [-0.2, 0) is 6.54 Å². The van der Waals surface area contributed by atoms with E-state index in [-0.39, 0.29) is 12.4 Å². The van der Waals surface area contributed by atoms with E-state index in [9.17, 15) is 0 Å². The summed E-state index contributed by atoms with van der Waals surface area (Å²) in [6.45, 7) is 5.37. The minimum atomic E-state index is 0. The van der Waals surface area contributed by atoms with Crippen LogP contribution >= 0.6 is 12.4 Å². The van der Waals surface area contributed by atoms with Crippen LogP contribution in [0.1, 0.15) is 18.9 Å². The van der Waals surface area contributed by atoms with Gasteiger partial charge in [-0.15, -0.1) is 12.4 Å². The van der Waals surface area contributed by atoms with Gasteiger partial charge in [0.25, 0.3) is 0 Å². The summed E-state index contributed by atoms with van der Waals surface area (Å²) in [6, 6.07) is 10.8. The predicted molar refractivity (Wildman–Crippen MR) is 86.0 cm³/mol. The molecule has 1 saturated heterocycles. The fraction of sp³-hybridized carbons (Fsp3) is 0.438. The summed E-state index contributed by atoms with van der Waals surface area (Å²) in [5.74, 6) is 0.647. The number of nitrogens with zero attached hydrogens (tertiary/aromatic N) is 2. The summed E-state index contributed by atoms with van der Waals surface area (Å²) in [5.41, 5.74) is 8.35. The maximum Gasteiger partial charge on any atom is 0.0702 e. The largest absolute Gasteiger partial charge is 0.328 e. The van der Waals surface area contributed by atoms with E-state index in [1.807, 2.05) is 12.3 Å². The van der Waals surface area contributed by atoms with E-state index in [0.717, 1.165) is 25.2 Å². The first-order valence-corrected chi connectivity index (χ1v) is 7.04. The van der Waals surface area contributed by atoms with Gasteiger partial charge in [0.1, 0.15) is 0 Å². The zero-order chi connectivity index (χ0) is 13.2. The number of hydrogen-bond donors (Lipinski definition) is 1. The fourth-order valence-electron chi connectivity index (χ4n) is 2.90. The van der Waals surface area contributed by atoms with Crippen LogP contribution < -0.4 is 5.73 Å². The molecule has 1 aromatic heterocycles. The Morgan fingerprint density at radius 1 is 1.40 bits per heavy atom. The third-order valence-electron chi connectivity index (χ3n) is 4.11. The Hall–Kier alpha value is -1.16. The summed E-state index contributed by atoms with van der Waals surface area (Å²) in [5, 5.41) is 1.22. The number of para-hydroxylation sites is 1. The Morgan fingerprint density at radius 2 is 2.20 bits per heavy atom. The van der Waals surface area contributed by atoms with Crippen molar-refractivity contribution in [1.82, 2.24) is 9.88 Å². The molecule has 2 N–H and O–H groups in total. The SMILES string of the molecule is CC(N)C1CCN(Cc2cnc3ccccc3c2)C1.Cl. The van der Waals surface area contributed by atoms with Gasteiger partial charge in [-0.05, 0) is 43.5 Å². The number of rotatable bonds is 3. The highest BCUT2D eigenvalue weighted by atomic mass is 35.5. The third kappa shape index (κ3) is 3.29. The second kappa shape index (κ2) is 6.53. The molecule has 1 fully saturated rings. The fourth-order valence-corrected chi connectivity index (χ4v) is 2.90. The van der Waals surface area contributed by atoms with E-state index in [4.69, 9.17) is 5.73 Å². The van der Waals surface area contributed by atoms with Gasteiger partial charge in [0.2, 0.25) is 0 Å². The first-order chi connectivity index (χ1) is 9.22. The average molecular weight is 292 g/mol. The highest BCUT2D eigenvalue weighted by Crippen LogP contribution is 2.21. The summed E-state index contributed by atoms with van der Waals surface area (Å²) < 4.78 is 0. The van der Waals surface area contributed by atoms with Gasteiger partial charge in [0, 0.05) is 30.7 Å². The molecule has 1 aromatic carbocycles. The van der Waals surface area contributed by atoms with Crippen LogP contribution in [0.2, 0.25) is 0 Å². The lowest BCUT2D eigenvalue weighted by atomic mass is 10.0. The maximum atomic E-state index is 5.99. The van der Waals surface area contributed by atoms with Crippen molar-refractivity contribution < 1.29 is 0 Å². The Balaban J connectivity index is 0.00000147. The van der Waals surface area contributed by atoms with Crippen LogP contribution in [-0.4, -0.2) is 29.0 Å². The molecule has 4 heteroatoms. The van der Waals surface area contributed by atoms with Gasteiger partial charge in [-0.25, -0.2) is 0 Å². The first-order valence-electron chi connectivity index (χ1n) is 7.04. The highest BCUT2D eigenvalue weighted by Gasteiger charge is 2.24. The van der Waals surface area contributed by atoms with E-state index in [0.29, 0.717) is 12.0 Å². The Kier molecular flexibility index (Phi) is 4.97. The van der Waals surface area contributed by atoms with E-state index < -0.39 is 0 Å². The molecule has 0 saturated carbocycles. The molecule has 2 heterocycles. The van der Waals surface area contributed by atoms with Gasteiger partial charge in [-0.3, -0.25) is 9.88 Å². The minimum absolute atomic E-state index is 0. The van der Waals surface area contributed by atoms with E-state index in [2.05, 4.69) is 41.1 Å². The maximum absolute atomic E-state index is 5.99. The molecular formula is C16H22ClN3. The number of nitrogens with two attached hydrogens (primary N) is 1. The zero-order valence-electron chi connectivity index (χ0n) is 11.8. The highest BCUT2D eigenvalue weighted by molar-refractivity contribution is 5.85. The number of halogens is 1. The van der Waals surface area contributed by atoms with Gasteiger partial charge in [-0.2, -0.15) is 0 Å². The van der Waals surface area contributed by atoms with Gasteiger partial charge in [0.15, 0.2) is 0 Å². The number of pyridine rings is 1. The van der Waals surface area contributed by atoms with Crippen molar-refractivity contribution in [3.05, 3.63) is 42.1 Å². The molecule has 108 valence electrons. The average Bonchev–Trinajstić information content (AvgIpc) is 2.87. The lowest BCUT2D eigenvalue weighted by molar-refractivity contribution is 0.308. The zero-order valence-corrected chi connectivity index (χ0v) is 12.6. The normalized spacial score (nSPS) is 20.8. The molecular weight excluding hydrogens is 270 g/mol. The number of fused-ring (bicyclic) bond motifs is 1. The van der Waals surface area contributed by atoms with Gasteiger partial charge < -0.3 is 5.73 Å². The Bertz CT molecular complexity index is 570. The molecule has 3 nitrogen and oxygen atoms in total. The predicted octanol–water partition coefficient (Wildman–Crippen LogP) is 2.83. The van der Waals surface area contributed by atoms with Crippen LogP contribution in [0, 0.1) is 5.92 Å². The summed E-state index contributed by atoms with van der Waals surface area (Å²) >= 11 is 0. The Labute approximate surface area is 126 Å². The molecule has 2 atom stereocenters. The van der Waals surface area contributed by atoms with Gasteiger partial charge in [-0.1, -0.05) is 18.2 Å². The molecule has 0 bridgehead atoms. The molecule has 1 aliphatic rings. The number of benzene rings is 1. The molecule has 0 spiro atoms. The van der Waals surface area contributed by atoms with Crippen molar-refractivity contribution >= 4 is 23.3 Å². The molecule has 20 heavy (non-hydrogen) atoms. The minimum Gasteiger partial charge on any atom is -0.328 e. The first kappa shape index (κ1) is 15.2. The van der Waals surface area contributed by atoms with Crippen LogP contribution in [0.3, 0.4) is 0 Å². The van der Waals surface area contributed by atoms with Crippen molar-refractivity contribution in [2.75, 3.05) is 13.1 Å². The van der Waals surface area contributed by atoms with Gasteiger partial charge >= 0.3 is 0 Å². The van der Waals surface area contributed by atoms with E-state index >= 15 is 0 Å². The van der Waals surface area contributed by atoms with Crippen LogP contribution in [0.15, 0.2) is 36.5 Å². The van der Waals surface area contributed by atoms with Crippen molar-refractivity contribution in [3.63, 3.8) is 0 Å². The number of aromatic nitrogens is 1. The monoisotopic (exact) mass is 291 g/mol. The van der Waals surface area contributed by atoms with Crippen molar-refractivity contribution in [3.8, 4) is 0 Å². The standard InChI is InChI=1S/C16H21N3.ClH/c1-12(17)15-6-7-19(11-15)10-13-8-14-4-2-3-5-16(14)18-9-13;/h2-5,8-9,12,15H,6-7,10-11,17H2,1H3;1H. The lowest BCUT2D eigenvalue weighted by Gasteiger charge is -2.17. The topological polar surface area (TPSA) is 42.1 Å². The lowest BCUT2D eigenvalue weighted by Crippen LogP contribution is -2.29.